The quantitative estimate of drug-likeness (QED) is 0.0611. The molecule has 0 aliphatic carbocycles. The number of methoxy groups -OCH3 is 3. The molecule has 1 unspecified atom stereocenters. The van der Waals surface area contributed by atoms with Gasteiger partial charge in [-0.15, -0.1) is 0 Å². The van der Waals surface area contributed by atoms with Crippen molar-refractivity contribution in [3.8, 4) is 5.75 Å². The molecule has 4 aliphatic rings. The molecule has 8 rings (SSSR count). The van der Waals surface area contributed by atoms with E-state index >= 15 is 0 Å². The van der Waals surface area contributed by atoms with Crippen LogP contribution in [0.5, 0.6) is 5.75 Å². The summed E-state index contributed by atoms with van der Waals surface area (Å²) in [5, 5.41) is 0. The molecule has 404 valence electrons. The zero-order valence-electron chi connectivity index (χ0n) is 44.9. The molecule has 0 aromatic heterocycles. The summed E-state index contributed by atoms with van der Waals surface area (Å²) in [7, 11) is -1.94. The summed E-state index contributed by atoms with van der Waals surface area (Å²) in [4.78, 5) is 14.3. The Labute approximate surface area is 440 Å². The van der Waals surface area contributed by atoms with Crippen molar-refractivity contribution in [2.24, 2.45) is 0 Å². The van der Waals surface area contributed by atoms with Gasteiger partial charge in [0.1, 0.15) is 42.4 Å². The molecule has 17 heteroatoms. The lowest BCUT2D eigenvalue weighted by molar-refractivity contribution is -0.396. The monoisotopic (exact) mass is 1060 g/mol. The second-order valence-corrected chi connectivity index (χ2v) is 29.8. The smallest absolute Gasteiger partial charge is 0.366 e. The van der Waals surface area contributed by atoms with Crippen molar-refractivity contribution in [1.29, 1.82) is 0 Å². The Morgan fingerprint density at radius 1 is 0.608 bits per heavy atom. The number of hydrogen-bond donors (Lipinski definition) is 0. The molecule has 0 N–H and O–H groups in total. The lowest BCUT2D eigenvalue weighted by atomic mass is 9.91. The van der Waals surface area contributed by atoms with Crippen molar-refractivity contribution >= 4 is 23.1 Å². The van der Waals surface area contributed by atoms with Crippen molar-refractivity contribution < 1.29 is 69.9 Å². The molecule has 0 spiro atoms. The van der Waals surface area contributed by atoms with Crippen LogP contribution >= 0.6 is 0 Å². The molecule has 0 radical (unpaired) electrons. The van der Waals surface area contributed by atoms with Gasteiger partial charge >= 0.3 is 23.1 Å². The molecular weight excluding hydrogens is 981 g/mol. The second kappa shape index (κ2) is 25.1. The van der Waals surface area contributed by atoms with Gasteiger partial charge in [-0.05, 0) is 51.0 Å². The van der Waals surface area contributed by atoms with Crippen molar-refractivity contribution in [1.82, 2.24) is 0 Å². The highest BCUT2D eigenvalue weighted by Crippen LogP contribution is 2.49. The number of rotatable bonds is 20. The molecule has 4 aromatic rings. The maximum Gasteiger partial charge on any atom is 0.366 e. The number of ether oxygens (including phenoxy) is 11. The van der Waals surface area contributed by atoms with Crippen LogP contribution in [0.2, 0.25) is 22.2 Å². The molecule has 4 saturated heterocycles. The average molecular weight is 1060 g/mol. The summed E-state index contributed by atoms with van der Waals surface area (Å²) in [5.41, 5.74) is 3.72. The Balaban J connectivity index is 1.26. The molecule has 15 nitrogen and oxygen atoms in total. The highest BCUT2D eigenvalue weighted by Gasteiger charge is 2.64. The van der Waals surface area contributed by atoms with Crippen LogP contribution in [0.15, 0.2) is 115 Å². The van der Waals surface area contributed by atoms with Gasteiger partial charge < -0.3 is 65.1 Å². The lowest BCUT2D eigenvalue weighted by Gasteiger charge is -2.52. The van der Waals surface area contributed by atoms with Gasteiger partial charge in [-0.1, -0.05) is 159 Å². The Morgan fingerprint density at radius 2 is 1.16 bits per heavy atom. The summed E-state index contributed by atoms with van der Waals surface area (Å²) in [6.45, 7) is 18.1. The highest BCUT2D eigenvalue weighted by atomic mass is 28.5. The fourth-order valence-electron chi connectivity index (χ4n) is 10.8. The first kappa shape index (κ1) is 56.3. The van der Waals surface area contributed by atoms with Crippen molar-refractivity contribution in [3.05, 3.63) is 138 Å². The topological polar surface area (TPSA) is 146 Å². The van der Waals surface area contributed by atoms with Gasteiger partial charge in [-0.2, -0.15) is 0 Å². The molecule has 0 bridgehead atoms. The Morgan fingerprint density at radius 3 is 1.72 bits per heavy atom. The molecule has 11 atom stereocenters. The number of hydrogen-bond acceptors (Lipinski definition) is 15. The third-order valence-electron chi connectivity index (χ3n) is 14.9. The summed E-state index contributed by atoms with van der Waals surface area (Å²) in [5.74, 6) is -1.99. The first-order valence-corrected chi connectivity index (χ1v) is 30.1. The third-order valence-corrected chi connectivity index (χ3v) is 25.1. The van der Waals surface area contributed by atoms with Gasteiger partial charge in [0, 0.05) is 19.1 Å². The zero-order valence-corrected chi connectivity index (χ0v) is 46.9. The van der Waals surface area contributed by atoms with E-state index in [2.05, 4.69) is 55.4 Å². The maximum atomic E-state index is 14.3. The van der Waals surface area contributed by atoms with Crippen molar-refractivity contribution in [2.75, 3.05) is 34.5 Å². The van der Waals surface area contributed by atoms with E-state index in [1.165, 1.54) is 14.2 Å². The van der Waals surface area contributed by atoms with E-state index in [9.17, 15) is 4.79 Å². The predicted octanol–water partition coefficient (Wildman–Crippen LogP) is 10.2. The largest absolute Gasteiger partial charge is 0.497 e. The van der Waals surface area contributed by atoms with E-state index < -0.39 is 90.3 Å². The van der Waals surface area contributed by atoms with Crippen LogP contribution in [0, 0.1) is 0 Å². The number of benzene rings is 4. The van der Waals surface area contributed by atoms with E-state index in [1.807, 2.05) is 115 Å². The fourth-order valence-corrected chi connectivity index (χ4v) is 22.0. The minimum atomic E-state index is -3.26. The van der Waals surface area contributed by atoms with Crippen molar-refractivity contribution in [2.45, 2.75) is 171 Å². The molecule has 0 amide bonds. The van der Waals surface area contributed by atoms with Crippen LogP contribution < -0.4 is 4.74 Å². The molecule has 4 fully saturated rings. The van der Waals surface area contributed by atoms with Gasteiger partial charge in [0.2, 0.25) is 0 Å². The van der Waals surface area contributed by atoms with Crippen LogP contribution in [0.1, 0.15) is 90.4 Å². The van der Waals surface area contributed by atoms with E-state index in [0.29, 0.717) is 5.75 Å². The fraction of sp³-hybridized carbons (Fsp3) is 0.561. The predicted molar refractivity (Wildman–Crippen MR) is 280 cm³/mol. The summed E-state index contributed by atoms with van der Waals surface area (Å²) in [6, 6.07) is 37.3. The Hall–Kier alpha value is -3.90. The number of carbonyl (C=O) groups excluding carboxylic acids is 1. The Bertz CT molecular complexity index is 2330. The first-order valence-electron chi connectivity index (χ1n) is 26.2. The minimum absolute atomic E-state index is 0.0168. The minimum Gasteiger partial charge on any atom is -0.497 e. The molecule has 4 aliphatic heterocycles. The molecule has 4 aromatic carbocycles. The third kappa shape index (κ3) is 12.3. The lowest BCUT2D eigenvalue weighted by Crippen LogP contribution is -2.68. The van der Waals surface area contributed by atoms with E-state index in [1.54, 1.807) is 7.11 Å². The summed E-state index contributed by atoms with van der Waals surface area (Å²) < 4.78 is 95.7. The number of fused-ring (bicyclic) bond motifs is 1. The van der Waals surface area contributed by atoms with Crippen LogP contribution in [0.4, 0.5) is 0 Å². The molecule has 0 saturated carbocycles. The van der Waals surface area contributed by atoms with Crippen LogP contribution in [-0.4, -0.2) is 119 Å². The summed E-state index contributed by atoms with van der Waals surface area (Å²) in [6.07, 6.45) is -8.92. The van der Waals surface area contributed by atoms with Gasteiger partial charge in [-0.25, -0.2) is 4.79 Å². The summed E-state index contributed by atoms with van der Waals surface area (Å²) >= 11 is 0. The van der Waals surface area contributed by atoms with Gasteiger partial charge in [-0.3, -0.25) is 0 Å². The molecular formula is C57H78O15Si2. The van der Waals surface area contributed by atoms with E-state index in [4.69, 9.17) is 65.1 Å². The van der Waals surface area contributed by atoms with Crippen LogP contribution in [0.25, 0.3) is 0 Å². The number of esters is 1. The maximum absolute atomic E-state index is 14.3. The van der Waals surface area contributed by atoms with Gasteiger partial charge in [0.15, 0.2) is 12.6 Å². The highest BCUT2D eigenvalue weighted by molar-refractivity contribution is 6.84. The van der Waals surface area contributed by atoms with E-state index in [0.717, 1.165) is 22.3 Å². The molecule has 74 heavy (non-hydrogen) atoms. The average Bonchev–Trinajstić information content (AvgIpc) is 3.63. The van der Waals surface area contributed by atoms with E-state index in [-0.39, 0.29) is 61.6 Å². The van der Waals surface area contributed by atoms with Gasteiger partial charge in [0.05, 0.1) is 59.5 Å². The standard InChI is InChI=1S/C57H78O15Si2/c1-37(2)73(38(3)4)66-36-48(71-74(72-73,39(5)6)40(7)8)51-49(46(31-57(61-11,70-51)56(58)60-10)62-32-43-27-29-45(59-9)30-28-43)69-55-53(64-34-42-23-17-13-18-24-42)52(63-33-41-21-15-12-16-22-41)50-47(67-55)35-65-54(68-50)44-25-19-14-20-26-44/h12-30,37-40,46-55H,31-36H2,1-11H3/t46-,47-,48-,49-,50-,51-,52+,53-,54?,55-,57-/m1/s1. The van der Waals surface area contributed by atoms with Gasteiger partial charge in [0.25, 0.3) is 5.79 Å². The molecule has 4 heterocycles. The normalized spacial score (nSPS) is 30.0. The van der Waals surface area contributed by atoms with Crippen LogP contribution in [-0.2, 0) is 85.0 Å². The number of carbonyl (C=O) groups is 1. The van der Waals surface area contributed by atoms with Crippen LogP contribution in [0.3, 0.4) is 0 Å². The SMILES string of the molecule is COC(=O)[C@@]1(OC)C[C@@H](OCc2ccc(OC)cc2)[C@@H](O[C@H]2O[C@@H]3COC(c4ccccc4)O[C@H]3[C@H](OCc3ccccc3)[C@H]2OCc2ccccc2)[C@@H]([C@H]2CO[Si](C(C)C)(C(C)C)O[Si](C(C)C)(C(C)C)O2)O1. The Kier molecular flexibility index (Phi) is 19.1. The van der Waals surface area contributed by atoms with Crippen molar-refractivity contribution in [3.63, 3.8) is 0 Å². The first-order chi connectivity index (χ1) is 35.6. The zero-order chi connectivity index (χ0) is 52.6. The second-order valence-electron chi connectivity index (χ2n) is 20.9.